The maximum Gasteiger partial charge on any atom is 0.329 e. The van der Waals surface area contributed by atoms with Crippen LogP contribution >= 0.6 is 22.6 Å². The third-order valence-electron chi connectivity index (χ3n) is 4.23. The van der Waals surface area contributed by atoms with E-state index in [-0.39, 0.29) is 29.3 Å². The molecule has 3 rings (SSSR count). The van der Waals surface area contributed by atoms with Gasteiger partial charge in [0.1, 0.15) is 18.1 Å². The molecule has 0 atom stereocenters. The predicted octanol–water partition coefficient (Wildman–Crippen LogP) is 2.05. The summed E-state index contributed by atoms with van der Waals surface area (Å²) in [5, 5.41) is 13.2. The molecule has 0 aromatic heterocycles. The van der Waals surface area contributed by atoms with E-state index in [0.29, 0.717) is 15.7 Å². The van der Waals surface area contributed by atoms with Crippen molar-refractivity contribution in [2.24, 2.45) is 0 Å². The molecule has 0 unspecified atom stereocenters. The Labute approximate surface area is 190 Å². The number of carboxylic acids is 1. The SMILES string of the molecule is CCOc1cc(/C=C2/NC(=O)N(Cc3ccccc3F)C2=O)cc(I)c1OCC(=O)[O-]. The molecule has 0 aliphatic carbocycles. The van der Waals surface area contributed by atoms with Crippen molar-refractivity contribution in [3.05, 3.63) is 62.6 Å². The number of ether oxygens (including phenoxy) is 2. The first kappa shape index (κ1) is 22.5. The third kappa shape index (κ3) is 5.32. The minimum Gasteiger partial charge on any atom is -0.546 e. The van der Waals surface area contributed by atoms with Crippen molar-refractivity contribution in [2.75, 3.05) is 13.2 Å². The highest BCUT2D eigenvalue weighted by Crippen LogP contribution is 2.35. The Morgan fingerprint density at radius 2 is 2.00 bits per heavy atom. The summed E-state index contributed by atoms with van der Waals surface area (Å²) in [4.78, 5) is 36.6. The highest BCUT2D eigenvalue weighted by Gasteiger charge is 2.34. The topological polar surface area (TPSA) is 108 Å². The molecule has 0 bridgehead atoms. The molecule has 0 radical (unpaired) electrons. The van der Waals surface area contributed by atoms with E-state index in [9.17, 15) is 23.9 Å². The van der Waals surface area contributed by atoms with Crippen molar-refractivity contribution < 1.29 is 33.4 Å². The Balaban J connectivity index is 1.87. The van der Waals surface area contributed by atoms with Gasteiger partial charge in [0.25, 0.3) is 5.91 Å². The number of rotatable bonds is 8. The predicted molar refractivity (Wildman–Crippen MR) is 114 cm³/mol. The second-order valence-corrected chi connectivity index (χ2v) is 7.56. The fraction of sp³-hybridized carbons (Fsp3) is 0.190. The number of urea groups is 1. The number of benzene rings is 2. The fourth-order valence-electron chi connectivity index (χ4n) is 2.88. The average molecular weight is 539 g/mol. The third-order valence-corrected chi connectivity index (χ3v) is 5.03. The molecule has 1 heterocycles. The zero-order valence-corrected chi connectivity index (χ0v) is 18.5. The highest BCUT2D eigenvalue weighted by molar-refractivity contribution is 14.1. The van der Waals surface area contributed by atoms with Crippen LogP contribution in [0.3, 0.4) is 0 Å². The summed E-state index contributed by atoms with van der Waals surface area (Å²) in [6.07, 6.45) is 1.45. The van der Waals surface area contributed by atoms with E-state index in [1.807, 2.05) is 22.6 Å². The molecule has 3 amide bonds. The quantitative estimate of drug-likeness (QED) is 0.313. The van der Waals surface area contributed by atoms with Gasteiger partial charge in [-0.2, -0.15) is 0 Å². The van der Waals surface area contributed by atoms with E-state index < -0.39 is 30.3 Å². The van der Waals surface area contributed by atoms with Gasteiger partial charge in [0.05, 0.1) is 22.7 Å². The minimum atomic E-state index is -1.38. The number of imide groups is 1. The molecule has 10 heteroatoms. The monoisotopic (exact) mass is 539 g/mol. The molecule has 2 aromatic carbocycles. The van der Waals surface area contributed by atoms with Gasteiger partial charge in [0, 0.05) is 5.56 Å². The van der Waals surface area contributed by atoms with Crippen molar-refractivity contribution in [3.8, 4) is 11.5 Å². The summed E-state index contributed by atoms with van der Waals surface area (Å²) >= 11 is 1.94. The molecule has 2 aromatic rings. The van der Waals surface area contributed by atoms with Crippen LogP contribution in [0.5, 0.6) is 11.5 Å². The van der Waals surface area contributed by atoms with Crippen LogP contribution in [-0.4, -0.2) is 36.0 Å². The molecule has 162 valence electrons. The van der Waals surface area contributed by atoms with Gasteiger partial charge in [-0.25, -0.2) is 9.18 Å². The summed E-state index contributed by atoms with van der Waals surface area (Å²) in [5.41, 5.74) is 0.753. The maximum atomic E-state index is 13.9. The largest absolute Gasteiger partial charge is 0.546 e. The van der Waals surface area contributed by atoms with Crippen LogP contribution in [0.4, 0.5) is 9.18 Å². The van der Waals surface area contributed by atoms with Crippen LogP contribution in [0.2, 0.25) is 0 Å². The fourth-order valence-corrected chi connectivity index (χ4v) is 3.67. The number of nitrogens with one attached hydrogen (secondary N) is 1. The van der Waals surface area contributed by atoms with Crippen molar-refractivity contribution >= 4 is 46.6 Å². The van der Waals surface area contributed by atoms with E-state index in [1.165, 1.54) is 24.3 Å². The van der Waals surface area contributed by atoms with Gasteiger partial charge >= 0.3 is 6.03 Å². The lowest BCUT2D eigenvalue weighted by atomic mass is 10.1. The first-order valence-corrected chi connectivity index (χ1v) is 10.2. The molecule has 0 spiro atoms. The lowest BCUT2D eigenvalue weighted by Gasteiger charge is -2.15. The van der Waals surface area contributed by atoms with Crippen LogP contribution in [0, 0.1) is 9.39 Å². The lowest BCUT2D eigenvalue weighted by molar-refractivity contribution is -0.307. The standard InChI is InChI=1S/C21H18FIN2O6/c1-2-30-17-9-12(7-15(23)19(17)31-11-18(26)27)8-16-20(28)25(21(29)24-16)10-13-5-3-4-6-14(13)22/h3-9H,2,10-11H2,1H3,(H,24,29)(H,26,27)/p-1/b16-8+. The normalized spacial score (nSPS) is 14.7. The Bertz CT molecular complexity index is 1070. The smallest absolute Gasteiger partial charge is 0.329 e. The Hall–Kier alpha value is -3.15. The van der Waals surface area contributed by atoms with Gasteiger partial charge in [-0.15, -0.1) is 0 Å². The number of carbonyl (C=O) groups is 3. The molecule has 0 saturated carbocycles. The molecule has 8 nitrogen and oxygen atoms in total. The number of hydrogen-bond donors (Lipinski definition) is 1. The number of halogens is 2. The number of hydrogen-bond acceptors (Lipinski definition) is 6. The van der Waals surface area contributed by atoms with Gasteiger partial charge in [0.15, 0.2) is 11.5 Å². The minimum absolute atomic E-state index is 0.0167. The van der Waals surface area contributed by atoms with E-state index >= 15 is 0 Å². The van der Waals surface area contributed by atoms with Crippen molar-refractivity contribution in [2.45, 2.75) is 13.5 Å². The zero-order chi connectivity index (χ0) is 22.5. The van der Waals surface area contributed by atoms with Crippen LogP contribution in [-0.2, 0) is 16.1 Å². The van der Waals surface area contributed by atoms with Gasteiger partial charge in [-0.3, -0.25) is 9.69 Å². The summed E-state index contributed by atoms with van der Waals surface area (Å²) in [7, 11) is 0. The highest BCUT2D eigenvalue weighted by atomic mass is 127. The summed E-state index contributed by atoms with van der Waals surface area (Å²) in [6, 6.07) is 8.43. The van der Waals surface area contributed by atoms with Crippen molar-refractivity contribution in [3.63, 3.8) is 0 Å². The molecule has 31 heavy (non-hydrogen) atoms. The number of carboxylic acid groups (broad SMARTS) is 1. The molecule has 1 saturated heterocycles. The van der Waals surface area contributed by atoms with Gasteiger partial charge < -0.3 is 24.7 Å². The average Bonchev–Trinajstić information content (AvgIpc) is 2.96. The maximum absolute atomic E-state index is 13.9. The van der Waals surface area contributed by atoms with Crippen molar-refractivity contribution in [1.29, 1.82) is 0 Å². The van der Waals surface area contributed by atoms with E-state index in [4.69, 9.17) is 9.47 Å². The Kier molecular flexibility index (Phi) is 7.10. The van der Waals surface area contributed by atoms with Crippen LogP contribution in [0.1, 0.15) is 18.1 Å². The number of amides is 3. The Morgan fingerprint density at radius 1 is 1.26 bits per heavy atom. The summed E-state index contributed by atoms with van der Waals surface area (Å²) < 4.78 is 25.2. The van der Waals surface area contributed by atoms with Crippen LogP contribution in [0.25, 0.3) is 6.08 Å². The summed E-state index contributed by atoms with van der Waals surface area (Å²) in [6.45, 7) is 1.20. The van der Waals surface area contributed by atoms with E-state index in [1.54, 1.807) is 25.1 Å². The first-order valence-electron chi connectivity index (χ1n) is 9.17. The number of nitrogens with zero attached hydrogens (tertiary/aromatic N) is 1. The molecule has 1 aliphatic rings. The first-order chi connectivity index (χ1) is 14.8. The molecular formula is C21H17FIN2O6-. The second-order valence-electron chi connectivity index (χ2n) is 6.39. The molecule has 1 fully saturated rings. The lowest BCUT2D eigenvalue weighted by Crippen LogP contribution is -2.30. The van der Waals surface area contributed by atoms with Crippen LogP contribution < -0.4 is 19.9 Å². The summed E-state index contributed by atoms with van der Waals surface area (Å²) in [5.74, 6) is -1.97. The number of aliphatic carboxylic acids is 1. The van der Waals surface area contributed by atoms with Gasteiger partial charge in [-0.05, 0) is 59.4 Å². The van der Waals surface area contributed by atoms with E-state index in [2.05, 4.69) is 5.32 Å². The molecule has 1 aliphatic heterocycles. The van der Waals surface area contributed by atoms with Gasteiger partial charge in [-0.1, -0.05) is 18.2 Å². The molecule has 1 N–H and O–H groups in total. The van der Waals surface area contributed by atoms with E-state index in [0.717, 1.165) is 4.90 Å². The van der Waals surface area contributed by atoms with Gasteiger partial charge in [0.2, 0.25) is 0 Å². The van der Waals surface area contributed by atoms with Crippen LogP contribution in [0.15, 0.2) is 42.1 Å². The number of carbonyl (C=O) groups excluding carboxylic acids is 3. The second kappa shape index (κ2) is 9.77. The Morgan fingerprint density at radius 3 is 2.68 bits per heavy atom. The molecular weight excluding hydrogens is 522 g/mol. The zero-order valence-electron chi connectivity index (χ0n) is 16.3. The van der Waals surface area contributed by atoms with Crippen molar-refractivity contribution in [1.82, 2.24) is 10.2 Å².